The molecule has 5 nitrogen and oxygen atoms in total. The molecule has 3 atom stereocenters. The maximum absolute atomic E-state index is 12.1. The molecule has 0 aromatic carbocycles. The molecule has 2 rings (SSSR count). The van der Waals surface area contributed by atoms with E-state index in [-0.39, 0.29) is 17.6 Å². The highest BCUT2D eigenvalue weighted by Gasteiger charge is 2.21. The molecule has 0 spiro atoms. The minimum Gasteiger partial charge on any atom is -0.400 e. The van der Waals surface area contributed by atoms with Gasteiger partial charge in [0.1, 0.15) is 0 Å². The molecule has 0 saturated carbocycles. The predicted molar refractivity (Wildman–Crippen MR) is 91.7 cm³/mol. The number of nitriles is 1. The molecule has 122 valence electrons. The van der Waals surface area contributed by atoms with Gasteiger partial charge in [-0.15, -0.1) is 11.8 Å². The van der Waals surface area contributed by atoms with Crippen molar-refractivity contribution < 1.29 is 9.90 Å². The molecule has 6 heteroatoms. The van der Waals surface area contributed by atoms with Crippen molar-refractivity contribution in [3.05, 3.63) is 46.2 Å². The molecule has 0 aromatic rings. The Bertz CT molecular complexity index is 655. The van der Waals surface area contributed by atoms with Crippen molar-refractivity contribution in [3.63, 3.8) is 0 Å². The number of aliphatic hydroxyl groups is 1. The zero-order valence-electron chi connectivity index (χ0n) is 13.2. The molecule has 0 saturated heterocycles. The van der Waals surface area contributed by atoms with Crippen molar-refractivity contribution in [2.75, 3.05) is 5.75 Å². The van der Waals surface area contributed by atoms with Crippen LogP contribution in [0.15, 0.2) is 46.2 Å². The summed E-state index contributed by atoms with van der Waals surface area (Å²) in [5, 5.41) is 21.7. The second-order valence-electron chi connectivity index (χ2n) is 5.90. The van der Waals surface area contributed by atoms with Gasteiger partial charge >= 0.3 is 0 Å². The van der Waals surface area contributed by atoms with E-state index in [4.69, 9.17) is 5.73 Å². The van der Waals surface area contributed by atoms with Gasteiger partial charge in [0, 0.05) is 27.8 Å². The number of allylic oxidation sites excluding steroid dienone is 4. The van der Waals surface area contributed by atoms with Gasteiger partial charge in [0.2, 0.25) is 5.91 Å². The normalized spacial score (nSPS) is 27.1. The number of nitrogens with one attached hydrogen (secondary N) is 1. The first-order chi connectivity index (χ1) is 10.9. The molecule has 0 fully saturated rings. The van der Waals surface area contributed by atoms with Gasteiger partial charge in [0.25, 0.3) is 0 Å². The molecule has 2 aliphatic rings. The van der Waals surface area contributed by atoms with E-state index in [1.54, 1.807) is 12.2 Å². The first kappa shape index (κ1) is 17.4. The van der Waals surface area contributed by atoms with Crippen LogP contribution < -0.4 is 11.1 Å². The molecule has 0 heterocycles. The summed E-state index contributed by atoms with van der Waals surface area (Å²) in [5.74, 6) is 0.280. The van der Waals surface area contributed by atoms with Gasteiger partial charge in [-0.3, -0.25) is 4.79 Å². The van der Waals surface area contributed by atoms with Crippen LogP contribution in [0.1, 0.15) is 20.3 Å². The van der Waals surface area contributed by atoms with Crippen molar-refractivity contribution in [1.29, 1.82) is 5.26 Å². The average molecular weight is 331 g/mol. The second kappa shape index (κ2) is 7.53. The van der Waals surface area contributed by atoms with Crippen LogP contribution in [-0.2, 0) is 4.79 Å². The Balaban J connectivity index is 1.93. The number of amides is 1. The Morgan fingerprint density at radius 3 is 2.96 bits per heavy atom. The van der Waals surface area contributed by atoms with E-state index in [0.29, 0.717) is 17.3 Å². The minimum atomic E-state index is -0.706. The monoisotopic (exact) mass is 331 g/mol. The number of rotatable bonds is 4. The summed E-state index contributed by atoms with van der Waals surface area (Å²) in [6.45, 7) is 3.90. The number of nitrogens with zero attached hydrogens (tertiary/aromatic N) is 1. The standard InChI is InChI=1S/C17H21N3O2S/c1-10-3-4-15(12(5-10)8-18)23-9-16(21)20-13-6-11(2)17(22)14(19)7-13/h3-4,6-7,10-11,17,22H,5,9,19H2,1-2H3,(H,20,21). The van der Waals surface area contributed by atoms with Gasteiger partial charge in [-0.05, 0) is 18.4 Å². The number of carbonyl (C=O) groups excluding carboxylic acids is 1. The minimum absolute atomic E-state index is 0.140. The van der Waals surface area contributed by atoms with Gasteiger partial charge in [-0.2, -0.15) is 5.26 Å². The molecule has 0 aromatic heterocycles. The molecule has 4 N–H and O–H groups in total. The van der Waals surface area contributed by atoms with E-state index in [1.165, 1.54) is 11.8 Å². The van der Waals surface area contributed by atoms with Crippen molar-refractivity contribution in [2.45, 2.75) is 26.4 Å². The highest BCUT2D eigenvalue weighted by atomic mass is 32.2. The average Bonchev–Trinajstić information content (AvgIpc) is 2.51. The van der Waals surface area contributed by atoms with E-state index >= 15 is 0 Å². The third-order valence-corrected chi connectivity index (χ3v) is 4.88. The summed E-state index contributed by atoms with van der Waals surface area (Å²) in [6, 6.07) is 2.22. The Kier molecular flexibility index (Phi) is 5.69. The van der Waals surface area contributed by atoms with Crippen LogP contribution >= 0.6 is 11.8 Å². The number of nitrogens with two attached hydrogens (primary N) is 1. The molecule has 0 aliphatic heterocycles. The van der Waals surface area contributed by atoms with E-state index in [0.717, 1.165) is 16.9 Å². The van der Waals surface area contributed by atoms with Gasteiger partial charge in [-0.1, -0.05) is 32.1 Å². The third kappa shape index (κ3) is 4.50. The van der Waals surface area contributed by atoms with Crippen LogP contribution in [0.25, 0.3) is 0 Å². The van der Waals surface area contributed by atoms with Gasteiger partial charge in [0.05, 0.1) is 17.9 Å². The summed E-state index contributed by atoms with van der Waals surface area (Å²) >= 11 is 1.36. The Morgan fingerprint density at radius 2 is 2.30 bits per heavy atom. The van der Waals surface area contributed by atoms with Crippen molar-refractivity contribution >= 4 is 17.7 Å². The smallest absolute Gasteiger partial charge is 0.234 e. The quantitative estimate of drug-likeness (QED) is 0.731. The lowest BCUT2D eigenvalue weighted by atomic mass is 9.95. The highest BCUT2D eigenvalue weighted by Crippen LogP contribution is 2.30. The SMILES string of the molecule is CC1C=CC(SCC(=O)NC2=CC(C)C(O)C(N)=C2)=C(C#N)C1. The van der Waals surface area contributed by atoms with Crippen LogP contribution in [0.4, 0.5) is 0 Å². The van der Waals surface area contributed by atoms with E-state index in [2.05, 4.69) is 24.4 Å². The van der Waals surface area contributed by atoms with Crippen LogP contribution in [0.2, 0.25) is 0 Å². The molecule has 1 amide bonds. The molecular weight excluding hydrogens is 310 g/mol. The first-order valence-electron chi connectivity index (χ1n) is 7.51. The zero-order chi connectivity index (χ0) is 17.0. The van der Waals surface area contributed by atoms with Gasteiger partial charge in [0.15, 0.2) is 0 Å². The topological polar surface area (TPSA) is 99.1 Å². The van der Waals surface area contributed by atoms with Crippen LogP contribution in [-0.4, -0.2) is 22.9 Å². The fourth-order valence-electron chi connectivity index (χ4n) is 2.49. The maximum Gasteiger partial charge on any atom is 0.234 e. The summed E-state index contributed by atoms with van der Waals surface area (Å²) in [4.78, 5) is 12.9. The van der Waals surface area contributed by atoms with Gasteiger partial charge in [-0.25, -0.2) is 0 Å². The Labute approximate surface area is 140 Å². The number of hydrogen-bond donors (Lipinski definition) is 3. The fraction of sp³-hybridized carbons (Fsp3) is 0.412. The molecular formula is C17H21N3O2S. The van der Waals surface area contributed by atoms with E-state index in [1.807, 2.05) is 13.0 Å². The third-order valence-electron chi connectivity index (χ3n) is 3.78. The predicted octanol–water partition coefficient (Wildman–Crippen LogP) is 1.95. The Hall–Kier alpha value is -1.97. The van der Waals surface area contributed by atoms with E-state index < -0.39 is 6.10 Å². The lowest BCUT2D eigenvalue weighted by Crippen LogP contribution is -2.32. The number of thioether (sulfide) groups is 1. The molecule has 0 radical (unpaired) electrons. The molecule has 2 aliphatic carbocycles. The first-order valence-corrected chi connectivity index (χ1v) is 8.50. The number of aliphatic hydroxyl groups excluding tert-OH is 1. The number of hydrogen-bond acceptors (Lipinski definition) is 5. The van der Waals surface area contributed by atoms with Crippen LogP contribution in [0.3, 0.4) is 0 Å². The van der Waals surface area contributed by atoms with Gasteiger partial charge < -0.3 is 16.2 Å². The Morgan fingerprint density at radius 1 is 1.57 bits per heavy atom. The molecule has 3 unspecified atom stereocenters. The molecule has 23 heavy (non-hydrogen) atoms. The second-order valence-corrected chi connectivity index (χ2v) is 6.92. The zero-order valence-corrected chi connectivity index (χ0v) is 14.1. The lowest BCUT2D eigenvalue weighted by Gasteiger charge is -2.22. The summed E-state index contributed by atoms with van der Waals surface area (Å²) in [6.07, 6.45) is 7.35. The maximum atomic E-state index is 12.1. The van der Waals surface area contributed by atoms with Crippen molar-refractivity contribution in [3.8, 4) is 6.07 Å². The van der Waals surface area contributed by atoms with Crippen molar-refractivity contribution in [1.82, 2.24) is 5.32 Å². The van der Waals surface area contributed by atoms with Crippen molar-refractivity contribution in [2.24, 2.45) is 17.6 Å². The molecule has 0 bridgehead atoms. The fourth-order valence-corrected chi connectivity index (χ4v) is 3.32. The largest absolute Gasteiger partial charge is 0.400 e. The van der Waals surface area contributed by atoms with E-state index in [9.17, 15) is 15.2 Å². The highest BCUT2D eigenvalue weighted by molar-refractivity contribution is 8.03. The van der Waals surface area contributed by atoms with Crippen LogP contribution in [0.5, 0.6) is 0 Å². The lowest BCUT2D eigenvalue weighted by molar-refractivity contribution is -0.117. The van der Waals surface area contributed by atoms with Crippen LogP contribution in [0, 0.1) is 23.2 Å². The summed E-state index contributed by atoms with van der Waals surface area (Å²) in [7, 11) is 0. The summed E-state index contributed by atoms with van der Waals surface area (Å²) < 4.78 is 0. The number of carbonyl (C=O) groups is 1. The summed E-state index contributed by atoms with van der Waals surface area (Å²) in [5.41, 5.74) is 7.42.